The lowest BCUT2D eigenvalue weighted by molar-refractivity contribution is 0.0184. The van der Waals surface area contributed by atoms with E-state index in [1.807, 2.05) is 65.0 Å². The van der Waals surface area contributed by atoms with Crippen molar-refractivity contribution in [3.63, 3.8) is 0 Å². The van der Waals surface area contributed by atoms with Gasteiger partial charge < -0.3 is 24.9 Å². The first kappa shape index (κ1) is 36.6. The van der Waals surface area contributed by atoms with Gasteiger partial charge in [-0.15, -0.1) is 0 Å². The summed E-state index contributed by atoms with van der Waals surface area (Å²) < 4.78 is 12.2. The number of hydrogen-bond donors (Lipinski definition) is 2. The Morgan fingerprint density at radius 2 is 1.78 bits per heavy atom. The van der Waals surface area contributed by atoms with Gasteiger partial charge >= 0.3 is 6.09 Å². The van der Waals surface area contributed by atoms with E-state index in [0.717, 1.165) is 54.5 Å². The summed E-state index contributed by atoms with van der Waals surface area (Å²) in [6.07, 6.45) is 10.5. The maximum absolute atomic E-state index is 12.2. The van der Waals surface area contributed by atoms with Crippen molar-refractivity contribution in [3.8, 4) is 11.5 Å². The van der Waals surface area contributed by atoms with Gasteiger partial charge in [0.1, 0.15) is 17.1 Å². The zero-order chi connectivity index (χ0) is 31.1. The van der Waals surface area contributed by atoms with Crippen LogP contribution in [0.3, 0.4) is 0 Å². The summed E-state index contributed by atoms with van der Waals surface area (Å²) in [4.78, 5) is 18.6. The summed E-state index contributed by atoms with van der Waals surface area (Å²) in [5.41, 5.74) is 0.453. The predicted molar refractivity (Wildman–Crippen MR) is 172 cm³/mol. The van der Waals surface area contributed by atoms with Crippen LogP contribution in [0.25, 0.3) is 0 Å². The van der Waals surface area contributed by atoms with Gasteiger partial charge in [-0.05, 0) is 125 Å². The summed E-state index contributed by atoms with van der Waals surface area (Å²) in [6, 6.07) is 9.47. The lowest BCUT2D eigenvalue weighted by Crippen LogP contribution is -2.42. The van der Waals surface area contributed by atoms with E-state index >= 15 is 0 Å². The normalized spacial score (nSPS) is 13.8. The van der Waals surface area contributed by atoms with Gasteiger partial charge in [0.2, 0.25) is 0 Å². The second-order valence-corrected chi connectivity index (χ2v) is 12.5. The molecule has 8 heteroatoms. The Kier molecular flexibility index (Phi) is 16.2. The molecule has 0 bridgehead atoms. The van der Waals surface area contributed by atoms with Crippen molar-refractivity contribution in [3.05, 3.63) is 52.3 Å². The minimum absolute atomic E-state index is 0.225. The van der Waals surface area contributed by atoms with Crippen molar-refractivity contribution >= 4 is 28.2 Å². The average molecular weight is 635 g/mol. The Balaban J connectivity index is 0.000000816. The molecule has 1 saturated heterocycles. The van der Waals surface area contributed by atoms with Crippen molar-refractivity contribution in [2.75, 3.05) is 13.1 Å². The van der Waals surface area contributed by atoms with E-state index in [9.17, 15) is 9.90 Å². The van der Waals surface area contributed by atoms with Crippen molar-refractivity contribution < 1.29 is 19.4 Å². The van der Waals surface area contributed by atoms with Crippen LogP contribution in [0, 0.1) is 11.3 Å². The third-order valence-electron chi connectivity index (χ3n) is 6.38. The molecule has 0 radical (unpaired) electrons. The summed E-state index contributed by atoms with van der Waals surface area (Å²) in [5, 5.41) is 16.8. The number of nitrogens with one attached hydrogen (secondary N) is 1. The summed E-state index contributed by atoms with van der Waals surface area (Å²) >= 11 is 3.51. The van der Waals surface area contributed by atoms with E-state index in [1.165, 1.54) is 25.5 Å². The Morgan fingerprint density at radius 3 is 2.27 bits per heavy atom. The van der Waals surface area contributed by atoms with Crippen LogP contribution in [-0.2, 0) is 16.8 Å². The number of likely N-dealkylation sites (tertiary alicyclic amines) is 1. The molecule has 2 aromatic rings. The fourth-order valence-corrected chi connectivity index (χ4v) is 4.58. The highest BCUT2D eigenvalue weighted by Crippen LogP contribution is 2.33. The van der Waals surface area contributed by atoms with Gasteiger partial charge in [0.25, 0.3) is 0 Å². The molecule has 7 nitrogen and oxygen atoms in total. The molecule has 0 aliphatic carbocycles. The molecule has 1 amide bonds. The molecule has 1 aromatic heterocycles. The molecule has 0 atom stereocenters. The van der Waals surface area contributed by atoms with Crippen LogP contribution in [0.1, 0.15) is 105 Å². The number of aromatic nitrogens is 1. The van der Waals surface area contributed by atoms with E-state index in [-0.39, 0.29) is 6.09 Å². The predicted octanol–water partition coefficient (Wildman–Crippen LogP) is 9.30. The molecule has 3 rings (SSSR count). The largest absolute Gasteiger partial charge is 0.455 e. The Morgan fingerprint density at radius 1 is 1.12 bits per heavy atom. The summed E-state index contributed by atoms with van der Waals surface area (Å²) in [7, 11) is 0. The van der Waals surface area contributed by atoms with Gasteiger partial charge in [-0.3, -0.25) is 4.98 Å². The number of benzene rings is 1. The standard InChI is InChI=1S/C25H33BrN2O4.C6H13N.C2H6/c1-24(2,3)32-23(29)28-12-10-17(11-13-28)14-19-7-8-20(16-27-19)31-22-9-6-18(15-21(22)26)25(4,5)30;1-2-3-4-5-6-7;1-2/h6-9,15-17,30H,10-14H2,1-5H3;6-7H,2-5H2,1H3;1-2H3. The number of carbonyl (C=O) groups is 1. The SMILES string of the molecule is CC.CC(C)(C)OC(=O)N1CCC(Cc2ccc(Oc3ccc(C(C)(C)O)cc3Br)cn2)CC1.CCCCCC=N. The van der Waals surface area contributed by atoms with Gasteiger partial charge in [0.15, 0.2) is 0 Å². The van der Waals surface area contributed by atoms with Gasteiger partial charge in [-0.1, -0.05) is 39.7 Å². The van der Waals surface area contributed by atoms with Gasteiger partial charge in [-0.25, -0.2) is 4.79 Å². The highest BCUT2D eigenvalue weighted by atomic mass is 79.9. The number of carbonyl (C=O) groups excluding carboxylic acids is 1. The van der Waals surface area contributed by atoms with E-state index in [2.05, 4.69) is 27.8 Å². The molecule has 41 heavy (non-hydrogen) atoms. The molecule has 1 fully saturated rings. The first-order valence-electron chi connectivity index (χ1n) is 14.9. The minimum Gasteiger partial charge on any atom is -0.455 e. The van der Waals surface area contributed by atoms with Crippen LogP contribution in [0.4, 0.5) is 4.79 Å². The van der Waals surface area contributed by atoms with Crippen LogP contribution in [-0.4, -0.2) is 46.0 Å². The zero-order valence-corrected chi connectivity index (χ0v) is 28.0. The van der Waals surface area contributed by atoms with Crippen LogP contribution in [0.2, 0.25) is 0 Å². The smallest absolute Gasteiger partial charge is 0.410 e. The van der Waals surface area contributed by atoms with Crippen LogP contribution >= 0.6 is 15.9 Å². The van der Waals surface area contributed by atoms with E-state index in [4.69, 9.17) is 14.9 Å². The quantitative estimate of drug-likeness (QED) is 0.212. The number of aliphatic hydroxyl groups is 1. The second kappa shape index (κ2) is 18.2. The van der Waals surface area contributed by atoms with Gasteiger partial charge in [0, 0.05) is 18.8 Å². The lowest BCUT2D eigenvalue weighted by atomic mass is 9.92. The molecular weight excluding hydrogens is 582 g/mol. The Hall–Kier alpha value is -2.45. The van der Waals surface area contributed by atoms with Crippen molar-refractivity contribution in [2.45, 2.75) is 112 Å². The molecule has 0 spiro atoms. The monoisotopic (exact) mass is 633 g/mol. The van der Waals surface area contributed by atoms with E-state index in [1.54, 1.807) is 24.9 Å². The third kappa shape index (κ3) is 14.3. The van der Waals surface area contributed by atoms with E-state index in [0.29, 0.717) is 17.4 Å². The number of halogens is 1. The fraction of sp³-hybridized carbons (Fsp3) is 0.606. The number of rotatable bonds is 9. The number of amides is 1. The van der Waals surface area contributed by atoms with Gasteiger partial charge in [-0.2, -0.15) is 0 Å². The molecule has 1 aliphatic heterocycles. The molecule has 2 heterocycles. The average Bonchev–Trinajstić information content (AvgIpc) is 2.91. The Labute approximate surface area is 256 Å². The van der Waals surface area contributed by atoms with Gasteiger partial charge in [0.05, 0.1) is 16.3 Å². The summed E-state index contributed by atoms with van der Waals surface area (Å²) in [5.74, 6) is 1.82. The number of pyridine rings is 1. The van der Waals surface area contributed by atoms with Crippen molar-refractivity contribution in [2.24, 2.45) is 5.92 Å². The van der Waals surface area contributed by atoms with Crippen molar-refractivity contribution in [1.29, 1.82) is 5.41 Å². The first-order chi connectivity index (χ1) is 19.3. The highest BCUT2D eigenvalue weighted by Gasteiger charge is 2.27. The van der Waals surface area contributed by atoms with Crippen LogP contribution in [0.15, 0.2) is 41.0 Å². The maximum atomic E-state index is 12.2. The minimum atomic E-state index is -0.909. The maximum Gasteiger partial charge on any atom is 0.410 e. The molecular formula is C33H52BrN3O4. The van der Waals surface area contributed by atoms with Crippen LogP contribution < -0.4 is 4.74 Å². The van der Waals surface area contributed by atoms with E-state index < -0.39 is 11.2 Å². The molecule has 230 valence electrons. The van der Waals surface area contributed by atoms with Crippen molar-refractivity contribution in [1.82, 2.24) is 9.88 Å². The number of unbranched alkanes of at least 4 members (excludes halogenated alkanes) is 3. The Bertz CT molecular complexity index is 1040. The first-order valence-corrected chi connectivity index (χ1v) is 15.7. The second-order valence-electron chi connectivity index (χ2n) is 11.6. The lowest BCUT2D eigenvalue weighted by Gasteiger charge is -2.33. The molecule has 1 aliphatic rings. The molecule has 0 saturated carbocycles. The number of piperidine rings is 1. The number of hydrogen-bond acceptors (Lipinski definition) is 6. The number of nitrogens with zero attached hydrogens (tertiary/aromatic N) is 2. The highest BCUT2D eigenvalue weighted by molar-refractivity contribution is 9.10. The summed E-state index contributed by atoms with van der Waals surface area (Å²) in [6.45, 7) is 16.8. The molecule has 2 N–H and O–H groups in total. The molecule has 1 aromatic carbocycles. The number of ether oxygens (including phenoxy) is 2. The zero-order valence-electron chi connectivity index (χ0n) is 26.4. The third-order valence-corrected chi connectivity index (χ3v) is 7.00. The van der Waals surface area contributed by atoms with Crippen LogP contribution in [0.5, 0.6) is 11.5 Å². The fourth-order valence-electron chi connectivity index (χ4n) is 4.12. The topological polar surface area (TPSA) is 95.7 Å². The molecule has 0 unspecified atom stereocenters.